The third kappa shape index (κ3) is 38.8. The molecule has 0 saturated carbocycles. The van der Waals surface area contributed by atoms with Gasteiger partial charge in [-0.15, -0.1) is 0 Å². The first-order chi connectivity index (χ1) is 28.1. The van der Waals surface area contributed by atoms with E-state index >= 15 is 0 Å². The van der Waals surface area contributed by atoms with E-state index in [4.69, 9.17) is 14.2 Å². The number of rotatable bonds is 42. The van der Waals surface area contributed by atoms with E-state index in [1.807, 2.05) is 21.1 Å². The Bertz CT molecular complexity index is 1090. The fourth-order valence-corrected chi connectivity index (χ4v) is 6.85. The maximum absolute atomic E-state index is 12.8. The number of hydrogen-bond donors (Lipinski definition) is 1. The van der Waals surface area contributed by atoms with Gasteiger partial charge in [0.15, 0.2) is 12.1 Å². The maximum Gasteiger partial charge on any atom is 0.362 e. The van der Waals surface area contributed by atoms with Gasteiger partial charge in [-0.25, -0.2) is 4.79 Å². The summed E-state index contributed by atoms with van der Waals surface area (Å²) < 4.78 is 17.3. The molecule has 0 bridgehead atoms. The van der Waals surface area contributed by atoms with E-state index in [2.05, 4.69) is 62.5 Å². The van der Waals surface area contributed by atoms with Gasteiger partial charge in [-0.05, 0) is 51.4 Å². The van der Waals surface area contributed by atoms with Gasteiger partial charge in [0.05, 0.1) is 34.4 Å². The molecule has 0 aliphatic heterocycles. The van der Waals surface area contributed by atoms with Crippen molar-refractivity contribution < 1.29 is 38.2 Å². The number of carbonyl (C=O) groups is 3. The number of carboxylic acid groups (broad SMARTS) is 1. The first-order valence-corrected chi connectivity index (χ1v) is 23.7. The van der Waals surface area contributed by atoms with Gasteiger partial charge in [0.2, 0.25) is 0 Å². The highest BCUT2D eigenvalue weighted by atomic mass is 16.6. The van der Waals surface area contributed by atoms with Crippen LogP contribution < -0.4 is 0 Å². The van der Waals surface area contributed by atoms with E-state index in [0.29, 0.717) is 19.3 Å². The molecule has 8 heteroatoms. The summed E-state index contributed by atoms with van der Waals surface area (Å²) >= 11 is 0. The van der Waals surface area contributed by atoms with Gasteiger partial charge in [0.25, 0.3) is 0 Å². The highest BCUT2D eigenvalue weighted by molar-refractivity contribution is 5.72. The molecular formula is C50H90NO7+. The Kier molecular flexibility index (Phi) is 39.1. The van der Waals surface area contributed by atoms with Crippen LogP contribution in [0.5, 0.6) is 0 Å². The molecule has 8 nitrogen and oxygen atoms in total. The van der Waals surface area contributed by atoms with Crippen LogP contribution in [0.4, 0.5) is 0 Å². The Balaban J connectivity index is 4.31. The normalized spacial score (nSPS) is 13.3. The van der Waals surface area contributed by atoms with Crippen molar-refractivity contribution in [2.45, 2.75) is 212 Å². The Morgan fingerprint density at radius 2 is 0.966 bits per heavy atom. The van der Waals surface area contributed by atoms with Crippen LogP contribution >= 0.6 is 0 Å². The lowest BCUT2D eigenvalue weighted by Crippen LogP contribution is -2.50. The average molecular weight is 817 g/mol. The highest BCUT2D eigenvalue weighted by Crippen LogP contribution is 2.15. The third-order valence-electron chi connectivity index (χ3n) is 10.5. The fourth-order valence-electron chi connectivity index (χ4n) is 6.85. The minimum Gasteiger partial charge on any atom is -0.477 e. The second-order valence-corrected chi connectivity index (χ2v) is 17.0. The van der Waals surface area contributed by atoms with Gasteiger partial charge in [0.1, 0.15) is 6.61 Å². The predicted molar refractivity (Wildman–Crippen MR) is 243 cm³/mol. The number of nitrogens with zero attached hydrogens (tertiary/aromatic N) is 1. The molecule has 336 valence electrons. The van der Waals surface area contributed by atoms with Gasteiger partial charge in [-0.3, -0.25) is 9.59 Å². The Morgan fingerprint density at radius 3 is 1.43 bits per heavy atom. The molecule has 2 atom stereocenters. The number of aliphatic carboxylic acids is 1. The largest absolute Gasteiger partial charge is 0.477 e. The zero-order valence-electron chi connectivity index (χ0n) is 38.2. The van der Waals surface area contributed by atoms with Crippen LogP contribution in [0.25, 0.3) is 0 Å². The molecule has 0 aromatic carbocycles. The van der Waals surface area contributed by atoms with Crippen LogP contribution in [0.1, 0.15) is 200 Å². The van der Waals surface area contributed by atoms with Crippen molar-refractivity contribution in [3.63, 3.8) is 0 Å². The number of carbonyl (C=O) groups excluding carboxylic acids is 2. The fraction of sp³-hybridized carbons (Fsp3) is 0.780. The third-order valence-corrected chi connectivity index (χ3v) is 10.5. The molecule has 1 N–H and O–H groups in total. The summed E-state index contributed by atoms with van der Waals surface area (Å²) in [6, 6.07) is -0.616. The first kappa shape index (κ1) is 55.3. The molecular weight excluding hydrogens is 727 g/mol. The van der Waals surface area contributed by atoms with E-state index in [1.54, 1.807) is 0 Å². The number of esters is 2. The van der Waals surface area contributed by atoms with E-state index in [9.17, 15) is 19.5 Å². The number of allylic oxidation sites excluding steroid dienone is 8. The summed E-state index contributed by atoms with van der Waals surface area (Å²) in [5.74, 6) is -1.47. The van der Waals surface area contributed by atoms with Crippen LogP contribution in [0.2, 0.25) is 0 Å². The van der Waals surface area contributed by atoms with Crippen molar-refractivity contribution >= 4 is 17.9 Å². The van der Waals surface area contributed by atoms with Crippen LogP contribution in [0.15, 0.2) is 48.6 Å². The molecule has 0 heterocycles. The molecule has 0 spiro atoms. The van der Waals surface area contributed by atoms with Crippen LogP contribution in [-0.2, 0) is 28.6 Å². The van der Waals surface area contributed by atoms with Crippen LogP contribution in [0, 0.1) is 0 Å². The highest BCUT2D eigenvalue weighted by Gasteiger charge is 2.31. The number of likely N-dealkylation sites (N-methyl/N-ethyl adjacent to an activating group) is 1. The monoisotopic (exact) mass is 817 g/mol. The molecule has 2 unspecified atom stereocenters. The van der Waals surface area contributed by atoms with E-state index < -0.39 is 18.1 Å². The predicted octanol–water partition coefficient (Wildman–Crippen LogP) is 13.2. The molecule has 0 aromatic heterocycles. The number of unbranched alkanes of at least 4 members (excludes halogenated alkanes) is 20. The molecule has 0 rings (SSSR count). The van der Waals surface area contributed by atoms with Crippen molar-refractivity contribution in [1.29, 1.82) is 0 Å². The lowest BCUT2D eigenvalue weighted by atomic mass is 10.0. The minimum absolute atomic E-state index is 0.0538. The summed E-state index contributed by atoms with van der Waals surface area (Å²) in [6.07, 6.45) is 48.6. The van der Waals surface area contributed by atoms with Crippen molar-refractivity contribution in [3.05, 3.63) is 48.6 Å². The number of quaternary nitrogens is 1. The summed E-state index contributed by atoms with van der Waals surface area (Å²) in [6.45, 7) is 4.63. The standard InChI is InChI=1S/C50H89NO7/c1-6-8-10-12-14-16-18-20-22-23-24-25-26-27-29-31-33-35-37-39-41-49(53)58-46(44-56-43-42-47(50(54)55)51(3,4)5)45-57-48(52)40-38-36-34-32-30-28-21-19-17-15-13-11-9-7-2/h8,10,14,16,20,22,24-25,46-47H,6-7,9,11-13,15,17-19,21,23,26-45H2,1-5H3/p+1/b10-8+,16-14+,22-20+,25-24+. The Hall–Kier alpha value is -2.71. The average Bonchev–Trinajstić information content (AvgIpc) is 3.18. The van der Waals surface area contributed by atoms with Crippen molar-refractivity contribution in [1.82, 2.24) is 0 Å². The second-order valence-electron chi connectivity index (χ2n) is 17.0. The minimum atomic E-state index is -0.877. The number of carboxylic acids is 1. The second kappa shape index (κ2) is 41.0. The van der Waals surface area contributed by atoms with Crippen molar-refractivity contribution in [2.24, 2.45) is 0 Å². The number of hydrogen-bond acceptors (Lipinski definition) is 6. The molecule has 58 heavy (non-hydrogen) atoms. The summed E-state index contributed by atoms with van der Waals surface area (Å²) in [4.78, 5) is 37.0. The van der Waals surface area contributed by atoms with Crippen LogP contribution in [-0.4, -0.2) is 80.6 Å². The zero-order valence-corrected chi connectivity index (χ0v) is 38.2. The van der Waals surface area contributed by atoms with Crippen molar-refractivity contribution in [2.75, 3.05) is 41.0 Å². The molecule has 0 aromatic rings. The Morgan fingerprint density at radius 1 is 0.534 bits per heavy atom. The maximum atomic E-state index is 12.8. The smallest absolute Gasteiger partial charge is 0.362 e. The molecule has 0 radical (unpaired) electrons. The molecule has 0 saturated heterocycles. The summed E-state index contributed by atoms with van der Waals surface area (Å²) in [5.41, 5.74) is 0. The van der Waals surface area contributed by atoms with Gasteiger partial charge in [-0.2, -0.15) is 0 Å². The van der Waals surface area contributed by atoms with E-state index in [1.165, 1.54) is 96.3 Å². The summed E-state index contributed by atoms with van der Waals surface area (Å²) in [5, 5.41) is 9.63. The first-order valence-electron chi connectivity index (χ1n) is 23.7. The number of ether oxygens (including phenoxy) is 3. The summed E-state index contributed by atoms with van der Waals surface area (Å²) in [7, 11) is 5.53. The van der Waals surface area contributed by atoms with E-state index in [-0.39, 0.29) is 36.2 Å². The molecule has 0 aliphatic carbocycles. The van der Waals surface area contributed by atoms with Gasteiger partial charge >= 0.3 is 17.9 Å². The zero-order chi connectivity index (χ0) is 42.8. The lowest BCUT2D eigenvalue weighted by Gasteiger charge is -2.31. The van der Waals surface area contributed by atoms with Crippen LogP contribution in [0.3, 0.4) is 0 Å². The molecule has 0 aliphatic rings. The molecule has 0 fully saturated rings. The van der Waals surface area contributed by atoms with E-state index in [0.717, 1.165) is 70.6 Å². The lowest BCUT2D eigenvalue weighted by molar-refractivity contribution is -0.887. The van der Waals surface area contributed by atoms with Gasteiger partial charge < -0.3 is 23.8 Å². The topological polar surface area (TPSA) is 99.1 Å². The quantitative estimate of drug-likeness (QED) is 0.0283. The van der Waals surface area contributed by atoms with Crippen molar-refractivity contribution in [3.8, 4) is 0 Å². The Labute approximate surface area is 356 Å². The molecule has 0 amide bonds. The van der Waals surface area contributed by atoms with Gasteiger partial charge in [-0.1, -0.05) is 178 Å². The SMILES string of the molecule is CC/C=C/C/C=C/C/C=C/C/C=C/CCCCCCCCCC(=O)OC(COCCC(C(=O)O)[N+](C)(C)C)COC(=O)CCCCCCCCCCCCCCCC. The van der Waals surface area contributed by atoms with Gasteiger partial charge in [0, 0.05) is 19.3 Å².